The summed E-state index contributed by atoms with van der Waals surface area (Å²) in [7, 11) is -7.93. The van der Waals surface area contributed by atoms with Crippen molar-refractivity contribution >= 4 is 33.8 Å². The highest BCUT2D eigenvalue weighted by Gasteiger charge is 2.44. The molecule has 0 aliphatic rings. The predicted molar refractivity (Wildman–Crippen MR) is 105 cm³/mol. The molecule has 0 aliphatic heterocycles. The molecule has 9 heteroatoms. The predicted octanol–water partition coefficient (Wildman–Crippen LogP) is 4.86. The molecule has 0 aromatic heterocycles. The number of hydrogen-bond donors (Lipinski definition) is 0. The van der Waals surface area contributed by atoms with Crippen molar-refractivity contribution in [3.63, 3.8) is 0 Å². The average molecular weight is 401 g/mol. The van der Waals surface area contributed by atoms with Gasteiger partial charge in [0.15, 0.2) is 16.6 Å². The third-order valence-electron chi connectivity index (χ3n) is 2.68. The first-order chi connectivity index (χ1) is 10.2. The molecule has 0 heterocycles. The van der Waals surface area contributed by atoms with Gasteiger partial charge in [-0.2, -0.15) is 0 Å². The Morgan fingerprint density at radius 3 is 1.65 bits per heavy atom. The van der Waals surface area contributed by atoms with Crippen molar-refractivity contribution in [1.82, 2.24) is 0 Å². The maximum Gasteiger partial charge on any atom is 0.315 e. The third-order valence-corrected chi connectivity index (χ3v) is 16.2. The zero-order valence-electron chi connectivity index (χ0n) is 16.5. The minimum Gasteiger partial charge on any atom is -0.437 e. The molecule has 0 amide bonds. The van der Waals surface area contributed by atoms with Gasteiger partial charge in [0.1, 0.15) is 6.67 Å². The summed E-state index contributed by atoms with van der Waals surface area (Å²) >= 11 is 0. The van der Waals surface area contributed by atoms with Gasteiger partial charge in [-0.3, -0.25) is 0 Å². The summed E-state index contributed by atoms with van der Waals surface area (Å²) in [6.45, 7) is 19.8. The van der Waals surface area contributed by atoms with E-state index in [0.29, 0.717) is 6.61 Å². The molecule has 0 spiro atoms. The zero-order chi connectivity index (χ0) is 18.4. The minimum atomic E-state index is -2.33. The van der Waals surface area contributed by atoms with Gasteiger partial charge in [-0.1, -0.05) is 0 Å². The molecular weight excluding hydrogens is 363 g/mol. The van der Waals surface area contributed by atoms with Crippen molar-refractivity contribution in [2.45, 2.75) is 71.4 Å². The summed E-state index contributed by atoms with van der Waals surface area (Å²) in [5.74, 6) is 0. The molecule has 0 saturated heterocycles. The maximum atomic E-state index is 12.1. The van der Waals surface area contributed by atoms with Crippen LogP contribution in [0, 0.1) is 0 Å². The Labute approximate surface area is 146 Å². The third kappa shape index (κ3) is 13.6. The lowest BCUT2D eigenvalue weighted by Crippen LogP contribution is -2.56. The highest BCUT2D eigenvalue weighted by atomic mass is 28.5. The second-order valence-electron chi connectivity index (χ2n) is 8.47. The number of hydrogen-bond acceptors (Lipinski definition) is 4. The summed E-state index contributed by atoms with van der Waals surface area (Å²) in [6, 6.07) is 0.856. The zero-order valence-corrected chi connectivity index (χ0v) is 20.5. The van der Waals surface area contributed by atoms with E-state index >= 15 is 0 Å². The van der Waals surface area contributed by atoms with Crippen LogP contribution < -0.4 is 0 Å². The van der Waals surface area contributed by atoms with E-state index in [1.54, 1.807) is 0 Å². The summed E-state index contributed by atoms with van der Waals surface area (Å²) in [4.78, 5) is 0. The Bertz CT molecular complexity index is 345. The Balaban J connectivity index is 4.84. The van der Waals surface area contributed by atoms with Crippen LogP contribution in [-0.2, 0) is 17.1 Å². The molecule has 0 radical (unpaired) electrons. The van der Waals surface area contributed by atoms with Crippen LogP contribution in [0.15, 0.2) is 0 Å². The van der Waals surface area contributed by atoms with Crippen LogP contribution >= 0.6 is 0 Å². The molecule has 0 bridgehead atoms. The van der Waals surface area contributed by atoms with Gasteiger partial charge in [0, 0.05) is 6.61 Å². The minimum absolute atomic E-state index is 0.174. The van der Waals surface area contributed by atoms with Crippen LogP contribution in [0.25, 0.3) is 0 Å². The van der Waals surface area contributed by atoms with Crippen molar-refractivity contribution in [3.05, 3.63) is 0 Å². The first-order valence-electron chi connectivity index (χ1n) is 8.42. The highest BCUT2D eigenvalue weighted by Crippen LogP contribution is 2.27. The van der Waals surface area contributed by atoms with Crippen molar-refractivity contribution < 1.29 is 21.5 Å². The molecule has 0 N–H and O–H groups in total. The van der Waals surface area contributed by atoms with Gasteiger partial charge < -0.3 is 17.1 Å². The lowest BCUT2D eigenvalue weighted by atomic mass is 10.5. The van der Waals surface area contributed by atoms with Gasteiger partial charge in [0.2, 0.25) is 0 Å². The molecule has 0 aliphatic carbocycles. The number of rotatable bonds is 12. The van der Waals surface area contributed by atoms with Gasteiger partial charge in [0.25, 0.3) is 0 Å². The van der Waals surface area contributed by atoms with Crippen LogP contribution in [0.1, 0.15) is 6.42 Å². The molecular formula is C14H37FO4Si4. The van der Waals surface area contributed by atoms with Gasteiger partial charge >= 0.3 is 17.1 Å². The standard InChI is InChI=1S/C14H37FO4Si4/c1-20(2,3)17-22(7,8)19-23(9,18-21(4,5)6)14-10-12-16-13-11-15/h10-14H2,1-9H3. The molecule has 0 rings (SSSR count). The average Bonchev–Trinajstić information content (AvgIpc) is 2.20. The molecule has 4 nitrogen and oxygen atoms in total. The van der Waals surface area contributed by atoms with Crippen LogP contribution in [0.2, 0.25) is 65.0 Å². The Hall–Kier alpha value is 0.638. The fourth-order valence-electron chi connectivity index (χ4n) is 2.70. The van der Waals surface area contributed by atoms with Crippen LogP contribution in [0.3, 0.4) is 0 Å². The number of ether oxygens (including phenoxy) is 1. The van der Waals surface area contributed by atoms with E-state index in [2.05, 4.69) is 58.9 Å². The summed E-state index contributed by atoms with van der Waals surface area (Å²) < 4.78 is 36.7. The van der Waals surface area contributed by atoms with Gasteiger partial charge in [0.05, 0.1) is 6.61 Å². The van der Waals surface area contributed by atoms with E-state index in [9.17, 15) is 4.39 Å². The summed E-state index contributed by atoms with van der Waals surface area (Å²) in [5, 5.41) is 0. The lowest BCUT2D eigenvalue weighted by molar-refractivity contribution is 0.118. The lowest BCUT2D eigenvalue weighted by Gasteiger charge is -2.41. The Kier molecular flexibility index (Phi) is 9.63. The molecule has 1 atom stereocenters. The number of alkyl halides is 1. The van der Waals surface area contributed by atoms with E-state index < -0.39 is 40.4 Å². The van der Waals surface area contributed by atoms with Crippen LogP contribution in [-0.4, -0.2) is 53.6 Å². The molecule has 0 fully saturated rings. The Morgan fingerprint density at radius 1 is 0.696 bits per heavy atom. The van der Waals surface area contributed by atoms with Crippen molar-refractivity contribution in [1.29, 1.82) is 0 Å². The molecule has 0 aromatic rings. The smallest absolute Gasteiger partial charge is 0.315 e. The van der Waals surface area contributed by atoms with E-state index in [-0.39, 0.29) is 6.61 Å². The topological polar surface area (TPSA) is 36.9 Å². The number of halogens is 1. The molecule has 0 saturated carbocycles. The summed E-state index contributed by atoms with van der Waals surface area (Å²) in [6.07, 6.45) is 0.838. The molecule has 140 valence electrons. The van der Waals surface area contributed by atoms with Gasteiger partial charge in [-0.25, -0.2) is 4.39 Å². The maximum absolute atomic E-state index is 12.1. The SMILES string of the molecule is C[Si](C)(C)O[Si](C)(C)O[Si](C)(CCCOCCF)O[Si](C)(C)C. The molecule has 1 unspecified atom stereocenters. The van der Waals surface area contributed by atoms with E-state index in [4.69, 9.17) is 17.1 Å². The Morgan fingerprint density at radius 2 is 1.22 bits per heavy atom. The van der Waals surface area contributed by atoms with Gasteiger partial charge in [-0.15, -0.1) is 0 Å². The first kappa shape index (κ1) is 23.6. The van der Waals surface area contributed by atoms with E-state index in [1.165, 1.54) is 0 Å². The largest absolute Gasteiger partial charge is 0.437 e. The van der Waals surface area contributed by atoms with Crippen molar-refractivity contribution in [2.24, 2.45) is 0 Å². The summed E-state index contributed by atoms with van der Waals surface area (Å²) in [5.41, 5.74) is 0. The molecule has 0 aromatic carbocycles. The molecule has 23 heavy (non-hydrogen) atoms. The van der Waals surface area contributed by atoms with E-state index in [1.807, 2.05) is 0 Å². The fraction of sp³-hybridized carbons (Fsp3) is 1.00. The van der Waals surface area contributed by atoms with Crippen molar-refractivity contribution in [2.75, 3.05) is 19.9 Å². The van der Waals surface area contributed by atoms with Crippen LogP contribution in [0.5, 0.6) is 0 Å². The quantitative estimate of drug-likeness (QED) is 0.346. The fourth-order valence-corrected chi connectivity index (χ4v) is 20.6. The second-order valence-corrected chi connectivity index (χ2v) is 24.9. The second kappa shape index (κ2) is 9.37. The van der Waals surface area contributed by atoms with Crippen molar-refractivity contribution in [3.8, 4) is 0 Å². The van der Waals surface area contributed by atoms with Crippen LogP contribution in [0.4, 0.5) is 4.39 Å². The first-order valence-corrected chi connectivity index (χ1v) is 20.6. The van der Waals surface area contributed by atoms with Gasteiger partial charge in [-0.05, 0) is 71.4 Å². The van der Waals surface area contributed by atoms with E-state index in [0.717, 1.165) is 12.5 Å². The monoisotopic (exact) mass is 400 g/mol. The normalized spacial score (nSPS) is 16.4. The highest BCUT2D eigenvalue weighted by molar-refractivity contribution is 6.89.